The smallest absolute Gasteiger partial charge is 0.135 e. The highest BCUT2D eigenvalue weighted by atomic mass is 32.2. The molecule has 9 heteroatoms. The second-order valence-electron chi connectivity index (χ2n) is 8.31. The summed E-state index contributed by atoms with van der Waals surface area (Å²) in [6, 6.07) is 14.4. The van der Waals surface area contributed by atoms with Gasteiger partial charge in [0.15, 0.2) is 0 Å². The minimum Gasteiger partial charge on any atom is -0.389 e. The van der Waals surface area contributed by atoms with Crippen molar-refractivity contribution in [1.82, 2.24) is 8.61 Å². The topological polar surface area (TPSA) is 90.3 Å². The van der Waals surface area contributed by atoms with Gasteiger partial charge in [-0.25, -0.2) is 12.7 Å². The Balaban J connectivity index is 1.43. The van der Waals surface area contributed by atoms with Gasteiger partial charge >= 0.3 is 0 Å². The summed E-state index contributed by atoms with van der Waals surface area (Å²) in [5, 5.41) is 19.4. The Morgan fingerprint density at radius 2 is 1.28 bits per heavy atom. The Bertz CT molecular complexity index is 971. The number of nitrogens with zero attached hydrogens (tertiary/aromatic N) is 2. The Morgan fingerprint density at radius 3 is 1.75 bits per heavy atom. The van der Waals surface area contributed by atoms with E-state index in [1.807, 2.05) is 8.61 Å². The van der Waals surface area contributed by atoms with Crippen LogP contribution in [0.1, 0.15) is 50.0 Å². The molecule has 0 aromatic heterocycles. The molecule has 0 amide bonds. The molecule has 2 aliphatic heterocycles. The van der Waals surface area contributed by atoms with Gasteiger partial charge in [-0.15, -0.1) is 0 Å². The van der Waals surface area contributed by atoms with E-state index in [1.54, 1.807) is 62.4 Å². The predicted molar refractivity (Wildman–Crippen MR) is 123 cm³/mol. The number of rotatable bonds is 6. The van der Waals surface area contributed by atoms with E-state index in [9.17, 15) is 18.6 Å². The maximum atomic E-state index is 13.3. The molecule has 0 aliphatic carbocycles. The van der Waals surface area contributed by atoms with Gasteiger partial charge in [-0.2, -0.15) is 4.31 Å². The molecule has 0 radical (unpaired) electrons. The summed E-state index contributed by atoms with van der Waals surface area (Å²) in [6.07, 6.45) is 0.110. The second kappa shape index (κ2) is 9.80. The van der Waals surface area contributed by atoms with E-state index >= 15 is 0 Å². The highest BCUT2D eigenvalue weighted by Crippen LogP contribution is 2.37. The van der Waals surface area contributed by atoms with Gasteiger partial charge in [0, 0.05) is 32.5 Å². The second-order valence-corrected chi connectivity index (χ2v) is 11.2. The fraction of sp³-hybridized carbons (Fsp3) is 0.478. The van der Waals surface area contributed by atoms with E-state index in [1.165, 1.54) is 0 Å². The summed E-state index contributed by atoms with van der Waals surface area (Å²) in [4.78, 5) is 1.39. The van der Waals surface area contributed by atoms with Gasteiger partial charge in [-0.3, -0.25) is 0 Å². The number of piperidine rings is 1. The third kappa shape index (κ3) is 4.75. The Kier molecular flexibility index (Phi) is 7.26. The van der Waals surface area contributed by atoms with Crippen LogP contribution in [0.3, 0.4) is 0 Å². The number of aliphatic hydroxyl groups excluding tert-OH is 2. The normalized spacial score (nSPS) is 23.1. The molecule has 1 spiro atoms. The van der Waals surface area contributed by atoms with E-state index in [-0.39, 0.29) is 0 Å². The molecule has 4 rings (SSSR count). The van der Waals surface area contributed by atoms with Crippen molar-refractivity contribution in [2.45, 2.75) is 54.4 Å². The molecule has 2 aromatic rings. The lowest BCUT2D eigenvalue weighted by molar-refractivity contribution is -0.0787. The summed E-state index contributed by atoms with van der Waals surface area (Å²) in [6.45, 7) is 5.64. The quantitative estimate of drug-likeness (QED) is 0.666. The van der Waals surface area contributed by atoms with E-state index < -0.39 is 39.9 Å². The first-order valence-corrected chi connectivity index (χ1v) is 13.1. The molecule has 0 bridgehead atoms. The largest absolute Gasteiger partial charge is 0.389 e. The van der Waals surface area contributed by atoms with Crippen LogP contribution < -0.4 is 0 Å². The first kappa shape index (κ1) is 23.7. The third-order valence-electron chi connectivity index (χ3n) is 6.19. The van der Waals surface area contributed by atoms with Crippen LogP contribution in [0, 0.1) is 0 Å². The number of hydrogen-bond donors (Lipinski definition) is 2. The van der Waals surface area contributed by atoms with Crippen molar-refractivity contribution in [1.29, 1.82) is 0 Å². The maximum absolute atomic E-state index is 13.3. The zero-order valence-corrected chi connectivity index (χ0v) is 20.0. The van der Waals surface area contributed by atoms with E-state index in [0.29, 0.717) is 48.9 Å². The molecule has 2 aliphatic rings. The molecule has 32 heavy (non-hydrogen) atoms. The van der Waals surface area contributed by atoms with E-state index in [0.717, 1.165) is 11.1 Å². The molecule has 2 fully saturated rings. The summed E-state index contributed by atoms with van der Waals surface area (Å²) in [7, 11) is -2.67. The van der Waals surface area contributed by atoms with Crippen LogP contribution in [0.2, 0.25) is 0 Å². The first-order valence-electron chi connectivity index (χ1n) is 10.9. The van der Waals surface area contributed by atoms with Gasteiger partial charge in [0.2, 0.25) is 0 Å². The molecule has 174 valence electrons. The molecule has 2 aromatic carbocycles. The van der Waals surface area contributed by atoms with Crippen LogP contribution in [0.5, 0.6) is 0 Å². The molecule has 2 heterocycles. The average Bonchev–Trinajstić information content (AvgIpc) is 3.21. The first-order chi connectivity index (χ1) is 15.3. The van der Waals surface area contributed by atoms with Gasteiger partial charge in [-0.1, -0.05) is 24.3 Å². The maximum Gasteiger partial charge on any atom is 0.135 e. The summed E-state index contributed by atoms with van der Waals surface area (Å²) in [5.41, 5.74) is 0.961. The van der Waals surface area contributed by atoms with Crippen LogP contribution in [-0.4, -0.2) is 59.2 Å². The lowest BCUT2D eigenvalue weighted by Gasteiger charge is -2.42. The molecule has 0 saturated carbocycles. The summed E-state index contributed by atoms with van der Waals surface area (Å²) >= 11 is 0. The zero-order valence-electron chi connectivity index (χ0n) is 18.3. The summed E-state index contributed by atoms with van der Waals surface area (Å²) in [5.74, 6) is 0. The molecule has 2 N–H and O–H groups in total. The van der Waals surface area contributed by atoms with Gasteiger partial charge in [-0.05, 0) is 49.2 Å². The molecular weight excluding hydrogens is 448 g/mol. The highest BCUT2D eigenvalue weighted by molar-refractivity contribution is 7.83. The van der Waals surface area contributed by atoms with Crippen LogP contribution >= 0.6 is 0 Å². The lowest BCUT2D eigenvalue weighted by Crippen LogP contribution is -2.53. The third-order valence-corrected chi connectivity index (χ3v) is 9.29. The fourth-order valence-corrected chi connectivity index (χ4v) is 6.81. The van der Waals surface area contributed by atoms with Crippen molar-refractivity contribution in [2.24, 2.45) is 0 Å². The molecule has 4 atom stereocenters. The van der Waals surface area contributed by atoms with Crippen molar-refractivity contribution in [3.05, 3.63) is 59.7 Å². The Labute approximate surface area is 194 Å². The highest BCUT2D eigenvalue weighted by Gasteiger charge is 2.48. The fourth-order valence-electron chi connectivity index (χ4n) is 4.23. The minimum atomic E-state index is -1.37. The van der Waals surface area contributed by atoms with Crippen molar-refractivity contribution >= 4 is 22.0 Å². The average molecular weight is 479 g/mol. The van der Waals surface area contributed by atoms with Crippen molar-refractivity contribution in [2.75, 3.05) is 26.2 Å². The predicted octanol–water partition coefficient (Wildman–Crippen LogP) is 2.66. The van der Waals surface area contributed by atoms with Crippen LogP contribution in [-0.2, 0) is 26.7 Å². The van der Waals surface area contributed by atoms with Crippen LogP contribution in [0.4, 0.5) is 0 Å². The van der Waals surface area contributed by atoms with Gasteiger partial charge in [0.05, 0.1) is 28.6 Å². The number of ether oxygens (including phenoxy) is 1. The van der Waals surface area contributed by atoms with Crippen molar-refractivity contribution in [3.8, 4) is 0 Å². The molecule has 7 nitrogen and oxygen atoms in total. The monoisotopic (exact) mass is 478 g/mol. The number of aliphatic hydroxyl groups is 2. The van der Waals surface area contributed by atoms with Gasteiger partial charge in [0.25, 0.3) is 0 Å². The van der Waals surface area contributed by atoms with E-state index in [4.69, 9.17) is 4.74 Å². The Morgan fingerprint density at radius 1 is 0.812 bits per heavy atom. The zero-order chi connectivity index (χ0) is 22.9. The molecule has 2 saturated heterocycles. The molecule has 4 unspecified atom stereocenters. The van der Waals surface area contributed by atoms with Gasteiger partial charge in [0.1, 0.15) is 27.7 Å². The van der Waals surface area contributed by atoms with E-state index in [2.05, 4.69) is 0 Å². The van der Waals surface area contributed by atoms with Crippen LogP contribution in [0.15, 0.2) is 58.3 Å². The lowest BCUT2D eigenvalue weighted by atomic mass is 10.0. The minimum absolute atomic E-state index is 0.515. The van der Waals surface area contributed by atoms with Crippen molar-refractivity contribution in [3.63, 3.8) is 0 Å². The van der Waals surface area contributed by atoms with Gasteiger partial charge < -0.3 is 14.9 Å². The molecular formula is C23H30N2O5S2. The van der Waals surface area contributed by atoms with Crippen LogP contribution in [0.25, 0.3) is 0 Å². The number of hydrogen-bond acceptors (Lipinski definition) is 5. The van der Waals surface area contributed by atoms with Crippen molar-refractivity contribution < 1.29 is 23.4 Å². The SMILES string of the molecule is CC(O)c1ccc(S(=O)N2CCC3(CC2)OCCN3S(=O)c2ccc(C(C)O)cc2)cc1. The number of benzene rings is 2. The summed E-state index contributed by atoms with van der Waals surface area (Å²) < 4.78 is 36.3. The Hall–Kier alpha value is -1.46. The standard InChI is InChI=1S/C23H30N2O5S2/c1-17(26)19-3-7-21(8-4-19)31(28)24-13-11-23(12-14-24)25(15-16-30-23)32(29)22-9-5-20(6-10-22)18(2)27/h3-10,17-18,26-27H,11-16H2,1-2H3.